The number of rotatable bonds is 5. The van der Waals surface area contributed by atoms with E-state index in [0.29, 0.717) is 0 Å². The van der Waals surface area contributed by atoms with Gasteiger partial charge in [-0.25, -0.2) is 4.68 Å². The molecule has 5 rings (SSSR count). The van der Waals surface area contributed by atoms with Crippen LogP contribution < -0.4 is 0 Å². The van der Waals surface area contributed by atoms with Gasteiger partial charge in [0.25, 0.3) is 0 Å². The third-order valence-electron chi connectivity index (χ3n) is 5.58. The number of aryl methyl sites for hydroxylation is 1. The molecule has 5 aromatic rings. The Kier molecular flexibility index (Phi) is 5.20. The van der Waals surface area contributed by atoms with Crippen LogP contribution in [0.2, 0.25) is 0 Å². The molecular formula is C29H24N2. The molecule has 0 saturated heterocycles. The Morgan fingerprint density at radius 3 is 1.84 bits per heavy atom. The fourth-order valence-electron chi connectivity index (χ4n) is 4.01. The van der Waals surface area contributed by atoms with Crippen LogP contribution >= 0.6 is 0 Å². The summed E-state index contributed by atoms with van der Waals surface area (Å²) in [6, 6.07) is 40.3. The maximum absolute atomic E-state index is 5.16. The molecule has 31 heavy (non-hydrogen) atoms. The predicted octanol–water partition coefficient (Wildman–Crippen LogP) is 7.11. The highest BCUT2D eigenvalue weighted by Crippen LogP contribution is 2.37. The largest absolute Gasteiger partial charge is 0.236 e. The summed E-state index contributed by atoms with van der Waals surface area (Å²) >= 11 is 0. The molecule has 0 amide bonds. The summed E-state index contributed by atoms with van der Waals surface area (Å²) in [5, 5.41) is 5.16. The van der Waals surface area contributed by atoms with E-state index in [9.17, 15) is 0 Å². The molecule has 0 aliphatic heterocycles. The van der Waals surface area contributed by atoms with E-state index in [1.54, 1.807) is 0 Å². The second-order valence-electron chi connectivity index (χ2n) is 7.81. The van der Waals surface area contributed by atoms with Crippen molar-refractivity contribution in [2.24, 2.45) is 0 Å². The van der Waals surface area contributed by atoms with Crippen LogP contribution in [0, 0.1) is 6.92 Å². The normalized spacial score (nSPS) is 10.9. The molecule has 2 nitrogen and oxygen atoms in total. The van der Waals surface area contributed by atoms with Crippen molar-refractivity contribution in [2.45, 2.75) is 13.3 Å². The number of nitrogens with zero attached hydrogens (tertiary/aromatic N) is 2. The minimum atomic E-state index is 0.804. The number of para-hydroxylation sites is 1. The van der Waals surface area contributed by atoms with Gasteiger partial charge in [-0.1, -0.05) is 109 Å². The monoisotopic (exact) mass is 400 g/mol. The summed E-state index contributed by atoms with van der Waals surface area (Å²) in [5.41, 5.74) is 9.32. The standard InChI is InChI=1S/C29H24N2/c1-22-17-19-24(20-18-22)28-27(21-23-11-5-2-6-12-23)31(26-15-9-4-10-16-26)30-29(28)25-13-7-3-8-14-25/h2-20H,21H2,1H3. The van der Waals surface area contributed by atoms with Crippen molar-refractivity contribution < 1.29 is 0 Å². The summed E-state index contributed by atoms with van der Waals surface area (Å²) in [7, 11) is 0. The molecular weight excluding hydrogens is 376 g/mol. The second kappa shape index (κ2) is 8.45. The minimum Gasteiger partial charge on any atom is -0.236 e. The summed E-state index contributed by atoms with van der Waals surface area (Å²) in [6.07, 6.45) is 0.804. The van der Waals surface area contributed by atoms with Crippen LogP contribution in [0.5, 0.6) is 0 Å². The highest BCUT2D eigenvalue weighted by molar-refractivity contribution is 5.83. The van der Waals surface area contributed by atoms with E-state index in [-0.39, 0.29) is 0 Å². The van der Waals surface area contributed by atoms with Crippen molar-refractivity contribution in [2.75, 3.05) is 0 Å². The van der Waals surface area contributed by atoms with Crippen LogP contribution in [0.15, 0.2) is 115 Å². The van der Waals surface area contributed by atoms with Crippen LogP contribution in [0.3, 0.4) is 0 Å². The lowest BCUT2D eigenvalue weighted by molar-refractivity contribution is 0.827. The van der Waals surface area contributed by atoms with Gasteiger partial charge in [0.15, 0.2) is 0 Å². The van der Waals surface area contributed by atoms with E-state index in [0.717, 1.165) is 23.4 Å². The number of hydrogen-bond acceptors (Lipinski definition) is 1. The highest BCUT2D eigenvalue weighted by Gasteiger charge is 2.21. The fourth-order valence-corrected chi connectivity index (χ4v) is 4.01. The van der Waals surface area contributed by atoms with Gasteiger partial charge in [-0.05, 0) is 30.2 Å². The van der Waals surface area contributed by atoms with Gasteiger partial charge in [0.2, 0.25) is 0 Å². The first-order valence-corrected chi connectivity index (χ1v) is 10.6. The molecule has 0 aliphatic carbocycles. The van der Waals surface area contributed by atoms with Crippen molar-refractivity contribution in [1.82, 2.24) is 9.78 Å². The Bertz CT molecular complexity index is 1270. The van der Waals surface area contributed by atoms with Crippen LogP contribution in [-0.4, -0.2) is 9.78 Å². The topological polar surface area (TPSA) is 17.8 Å². The molecule has 0 N–H and O–H groups in total. The van der Waals surface area contributed by atoms with E-state index in [4.69, 9.17) is 5.10 Å². The molecule has 2 heteroatoms. The Labute approximate surface area is 183 Å². The van der Waals surface area contributed by atoms with Crippen LogP contribution in [0.4, 0.5) is 0 Å². The van der Waals surface area contributed by atoms with Gasteiger partial charge in [-0.3, -0.25) is 0 Å². The van der Waals surface area contributed by atoms with Gasteiger partial charge < -0.3 is 0 Å². The molecule has 0 unspecified atom stereocenters. The first-order chi connectivity index (χ1) is 15.3. The molecule has 150 valence electrons. The third kappa shape index (κ3) is 3.93. The molecule has 0 saturated carbocycles. The van der Waals surface area contributed by atoms with Crippen LogP contribution in [0.25, 0.3) is 28.1 Å². The lowest BCUT2D eigenvalue weighted by Gasteiger charge is -2.11. The minimum absolute atomic E-state index is 0.804. The summed E-state index contributed by atoms with van der Waals surface area (Å²) in [5.74, 6) is 0. The Morgan fingerprint density at radius 2 is 1.19 bits per heavy atom. The summed E-state index contributed by atoms with van der Waals surface area (Å²) < 4.78 is 2.12. The van der Waals surface area contributed by atoms with E-state index in [1.807, 2.05) is 12.1 Å². The van der Waals surface area contributed by atoms with Gasteiger partial charge in [0, 0.05) is 17.5 Å². The zero-order valence-corrected chi connectivity index (χ0v) is 17.6. The third-order valence-corrected chi connectivity index (χ3v) is 5.58. The molecule has 4 aromatic carbocycles. The number of benzene rings is 4. The van der Waals surface area contributed by atoms with E-state index in [2.05, 4.69) is 115 Å². The van der Waals surface area contributed by atoms with Crippen molar-refractivity contribution >= 4 is 0 Å². The Hall–Kier alpha value is -3.91. The maximum Gasteiger partial charge on any atom is 0.101 e. The average Bonchev–Trinajstić information content (AvgIpc) is 3.20. The highest BCUT2D eigenvalue weighted by atomic mass is 15.3. The molecule has 0 radical (unpaired) electrons. The zero-order valence-electron chi connectivity index (χ0n) is 17.6. The smallest absolute Gasteiger partial charge is 0.101 e. The molecule has 0 bridgehead atoms. The molecule has 0 fully saturated rings. The van der Waals surface area contributed by atoms with Gasteiger partial charge in [0.05, 0.1) is 11.4 Å². The quantitative estimate of drug-likeness (QED) is 0.307. The first kappa shape index (κ1) is 19.1. The lowest BCUT2D eigenvalue weighted by atomic mass is 9.95. The van der Waals surface area contributed by atoms with Gasteiger partial charge in [0.1, 0.15) is 5.69 Å². The Balaban J connectivity index is 1.80. The number of aromatic nitrogens is 2. The Morgan fingerprint density at radius 1 is 0.613 bits per heavy atom. The van der Waals surface area contributed by atoms with Gasteiger partial charge in [-0.15, -0.1) is 0 Å². The van der Waals surface area contributed by atoms with E-state index < -0.39 is 0 Å². The zero-order chi connectivity index (χ0) is 21.0. The van der Waals surface area contributed by atoms with Crippen molar-refractivity contribution in [3.05, 3.63) is 132 Å². The summed E-state index contributed by atoms with van der Waals surface area (Å²) in [4.78, 5) is 0. The van der Waals surface area contributed by atoms with Crippen LogP contribution in [0.1, 0.15) is 16.8 Å². The van der Waals surface area contributed by atoms with Gasteiger partial charge >= 0.3 is 0 Å². The maximum atomic E-state index is 5.16. The van der Waals surface area contributed by atoms with E-state index in [1.165, 1.54) is 27.9 Å². The van der Waals surface area contributed by atoms with Crippen molar-refractivity contribution in [3.8, 4) is 28.1 Å². The predicted molar refractivity (Wildman–Crippen MR) is 128 cm³/mol. The average molecular weight is 401 g/mol. The molecule has 0 atom stereocenters. The first-order valence-electron chi connectivity index (χ1n) is 10.6. The van der Waals surface area contributed by atoms with Crippen LogP contribution in [-0.2, 0) is 6.42 Å². The molecule has 1 aromatic heterocycles. The fraction of sp³-hybridized carbons (Fsp3) is 0.0690. The molecule has 1 heterocycles. The molecule has 0 spiro atoms. The summed E-state index contributed by atoms with van der Waals surface area (Å²) in [6.45, 7) is 2.13. The second-order valence-corrected chi connectivity index (χ2v) is 7.81. The number of hydrogen-bond donors (Lipinski definition) is 0. The SMILES string of the molecule is Cc1ccc(-c2c(-c3ccccc3)nn(-c3ccccc3)c2Cc2ccccc2)cc1. The van der Waals surface area contributed by atoms with Gasteiger partial charge in [-0.2, -0.15) is 5.10 Å². The van der Waals surface area contributed by atoms with E-state index >= 15 is 0 Å². The molecule has 0 aliphatic rings. The van der Waals surface area contributed by atoms with Crippen molar-refractivity contribution in [3.63, 3.8) is 0 Å². The lowest BCUT2D eigenvalue weighted by Crippen LogP contribution is -2.03. The van der Waals surface area contributed by atoms with Crippen molar-refractivity contribution in [1.29, 1.82) is 0 Å².